The Morgan fingerprint density at radius 1 is 1.24 bits per heavy atom. The van der Waals surface area contributed by atoms with Crippen LogP contribution in [-0.2, 0) is 10.5 Å². The molecule has 3 nitrogen and oxygen atoms in total. The van der Waals surface area contributed by atoms with Crippen LogP contribution in [0.3, 0.4) is 0 Å². The van der Waals surface area contributed by atoms with Crippen LogP contribution in [0.2, 0.25) is 5.02 Å². The van der Waals surface area contributed by atoms with Crippen molar-refractivity contribution in [2.45, 2.75) is 22.8 Å². The van der Waals surface area contributed by atoms with Crippen molar-refractivity contribution in [2.24, 2.45) is 0 Å². The maximum Gasteiger partial charge on any atom is 0.233 e. The van der Waals surface area contributed by atoms with Gasteiger partial charge in [-0.05, 0) is 48.9 Å². The molecule has 0 heterocycles. The number of nitrogens with one attached hydrogen (secondary N) is 1. The van der Waals surface area contributed by atoms with Crippen LogP contribution in [0.4, 0.5) is 0 Å². The quantitative estimate of drug-likeness (QED) is 0.485. The highest BCUT2D eigenvalue weighted by Gasteiger charge is 2.13. The van der Waals surface area contributed by atoms with E-state index in [1.165, 1.54) is 5.56 Å². The average Bonchev–Trinajstić information content (AvgIpc) is 2.62. The molecule has 2 aromatic rings. The van der Waals surface area contributed by atoms with Crippen molar-refractivity contribution in [3.05, 3.63) is 59.1 Å². The van der Waals surface area contributed by atoms with Gasteiger partial charge in [-0.3, -0.25) is 4.79 Å². The monoisotopic (exact) mass is 395 g/mol. The Labute approximate surface area is 162 Å². The van der Waals surface area contributed by atoms with Crippen molar-refractivity contribution in [3.8, 4) is 5.75 Å². The summed E-state index contributed by atoms with van der Waals surface area (Å²) in [5.41, 5.74) is 1.20. The van der Waals surface area contributed by atoms with Gasteiger partial charge >= 0.3 is 0 Å². The maximum absolute atomic E-state index is 12.2. The molecule has 0 saturated carbocycles. The first-order chi connectivity index (χ1) is 12.1. The van der Waals surface area contributed by atoms with Gasteiger partial charge in [-0.1, -0.05) is 23.7 Å². The Balaban J connectivity index is 1.65. The first kappa shape index (κ1) is 20.0. The van der Waals surface area contributed by atoms with E-state index in [0.29, 0.717) is 6.54 Å². The number of rotatable bonds is 9. The van der Waals surface area contributed by atoms with Crippen LogP contribution in [0.15, 0.2) is 53.4 Å². The van der Waals surface area contributed by atoms with Crippen molar-refractivity contribution < 1.29 is 9.53 Å². The zero-order chi connectivity index (χ0) is 18.1. The molecule has 0 aliphatic carbocycles. The summed E-state index contributed by atoms with van der Waals surface area (Å²) >= 11 is 9.30. The molecule has 0 aliphatic rings. The second-order valence-corrected chi connectivity index (χ2v) is 8.36. The van der Waals surface area contributed by atoms with E-state index in [0.717, 1.165) is 27.2 Å². The molecular weight excluding hydrogens is 374 g/mol. The van der Waals surface area contributed by atoms with Gasteiger partial charge in [0.2, 0.25) is 5.91 Å². The first-order valence-electron chi connectivity index (χ1n) is 7.99. The minimum Gasteiger partial charge on any atom is -0.497 e. The minimum atomic E-state index is -0.133. The smallest absolute Gasteiger partial charge is 0.233 e. The van der Waals surface area contributed by atoms with E-state index in [9.17, 15) is 4.79 Å². The maximum atomic E-state index is 12.2. The number of hydrogen-bond acceptors (Lipinski definition) is 4. The topological polar surface area (TPSA) is 38.3 Å². The molecule has 1 N–H and O–H groups in total. The number of halogens is 1. The highest BCUT2D eigenvalue weighted by molar-refractivity contribution is 8.00. The molecule has 1 atom stereocenters. The Morgan fingerprint density at radius 2 is 2.00 bits per heavy atom. The zero-order valence-electron chi connectivity index (χ0n) is 14.3. The highest BCUT2D eigenvalue weighted by Crippen LogP contribution is 2.25. The zero-order valence-corrected chi connectivity index (χ0v) is 16.7. The highest BCUT2D eigenvalue weighted by atomic mass is 35.5. The van der Waals surface area contributed by atoms with Crippen molar-refractivity contribution in [2.75, 3.05) is 19.4 Å². The van der Waals surface area contributed by atoms with Gasteiger partial charge in [0.05, 0.1) is 12.4 Å². The van der Waals surface area contributed by atoms with E-state index in [4.69, 9.17) is 16.3 Å². The molecule has 2 aromatic carbocycles. The number of carbonyl (C=O) groups is 1. The lowest BCUT2D eigenvalue weighted by Gasteiger charge is -2.12. The lowest BCUT2D eigenvalue weighted by molar-refractivity contribution is -0.120. The summed E-state index contributed by atoms with van der Waals surface area (Å²) < 4.78 is 5.14. The molecule has 0 bridgehead atoms. The number of carbonyl (C=O) groups excluding carboxylic acids is 1. The van der Waals surface area contributed by atoms with Crippen LogP contribution in [0.1, 0.15) is 12.5 Å². The van der Waals surface area contributed by atoms with Gasteiger partial charge in [0.15, 0.2) is 0 Å². The predicted octanol–water partition coefficient (Wildman–Crippen LogP) is 4.88. The largest absolute Gasteiger partial charge is 0.497 e. The average molecular weight is 396 g/mol. The van der Waals surface area contributed by atoms with Gasteiger partial charge in [0.1, 0.15) is 5.75 Å². The van der Waals surface area contributed by atoms with Crippen LogP contribution >= 0.6 is 35.1 Å². The van der Waals surface area contributed by atoms with Crippen LogP contribution in [0.25, 0.3) is 0 Å². The number of hydrogen-bond donors (Lipinski definition) is 1. The molecule has 0 fully saturated rings. The van der Waals surface area contributed by atoms with Gasteiger partial charge in [0.25, 0.3) is 0 Å². The number of benzene rings is 2. The van der Waals surface area contributed by atoms with E-state index >= 15 is 0 Å². The lowest BCUT2D eigenvalue weighted by Crippen LogP contribution is -2.32. The molecule has 1 amide bonds. The molecule has 134 valence electrons. The number of amides is 1. The minimum absolute atomic E-state index is 0.0594. The fourth-order valence-electron chi connectivity index (χ4n) is 2.12. The van der Waals surface area contributed by atoms with Crippen molar-refractivity contribution in [3.63, 3.8) is 0 Å². The van der Waals surface area contributed by atoms with Gasteiger partial charge in [-0.2, -0.15) is 11.8 Å². The molecule has 0 aromatic heterocycles. The fourth-order valence-corrected chi connectivity index (χ4v) is 4.03. The third kappa shape index (κ3) is 7.22. The van der Waals surface area contributed by atoms with Crippen molar-refractivity contribution in [1.82, 2.24) is 5.32 Å². The summed E-state index contributed by atoms with van der Waals surface area (Å²) in [4.78, 5) is 13.2. The summed E-state index contributed by atoms with van der Waals surface area (Å²) in [7, 11) is 1.64. The van der Waals surface area contributed by atoms with Crippen LogP contribution in [0, 0.1) is 0 Å². The third-order valence-corrected chi connectivity index (χ3v) is 5.82. The van der Waals surface area contributed by atoms with Crippen LogP contribution in [0.5, 0.6) is 5.75 Å². The Morgan fingerprint density at radius 3 is 2.68 bits per heavy atom. The van der Waals surface area contributed by atoms with Crippen LogP contribution < -0.4 is 10.1 Å². The summed E-state index contributed by atoms with van der Waals surface area (Å²) in [5.74, 6) is 2.65. The van der Waals surface area contributed by atoms with Gasteiger partial charge in [-0.15, -0.1) is 11.8 Å². The summed E-state index contributed by atoms with van der Waals surface area (Å²) in [6.07, 6.45) is 0. The van der Waals surface area contributed by atoms with Crippen molar-refractivity contribution in [1.29, 1.82) is 0 Å². The second-order valence-electron chi connectivity index (χ2n) is 5.41. The molecule has 0 saturated heterocycles. The van der Waals surface area contributed by atoms with E-state index in [2.05, 4.69) is 11.4 Å². The fraction of sp³-hybridized carbons (Fsp3) is 0.316. The molecular formula is C19H22ClNO2S2. The standard InChI is InChI=1S/C19H22ClNO2S2/c1-14(25-18-8-6-17(23-2)7-9-18)19(22)21-10-11-24-13-15-4-3-5-16(20)12-15/h3-9,12,14H,10-11,13H2,1-2H3,(H,21,22). The Hall–Kier alpha value is -1.30. The molecule has 1 unspecified atom stereocenters. The second kappa shape index (κ2) is 10.6. The first-order valence-corrected chi connectivity index (χ1v) is 10.4. The van der Waals surface area contributed by atoms with Crippen molar-refractivity contribution >= 4 is 41.0 Å². The molecule has 0 radical (unpaired) electrons. The Bertz CT molecular complexity index is 679. The van der Waals surface area contributed by atoms with E-state index in [-0.39, 0.29) is 11.2 Å². The third-order valence-electron chi connectivity index (χ3n) is 3.44. The number of thioether (sulfide) groups is 2. The molecule has 0 aliphatic heterocycles. The Kier molecular flexibility index (Phi) is 8.52. The summed E-state index contributed by atoms with van der Waals surface area (Å²) in [5, 5.41) is 3.62. The number of methoxy groups -OCH3 is 1. The van der Waals surface area contributed by atoms with E-state index in [1.807, 2.05) is 49.4 Å². The molecule has 25 heavy (non-hydrogen) atoms. The molecule has 2 rings (SSSR count). The number of ether oxygens (including phenoxy) is 1. The summed E-state index contributed by atoms with van der Waals surface area (Å²) in [6, 6.07) is 15.6. The van der Waals surface area contributed by atoms with E-state index in [1.54, 1.807) is 30.6 Å². The van der Waals surface area contributed by atoms with E-state index < -0.39 is 0 Å². The molecule has 6 heteroatoms. The lowest BCUT2D eigenvalue weighted by atomic mass is 10.2. The van der Waals surface area contributed by atoms with Gasteiger partial charge in [0, 0.05) is 28.0 Å². The summed E-state index contributed by atoms with van der Waals surface area (Å²) in [6.45, 7) is 2.58. The normalized spacial score (nSPS) is 11.8. The predicted molar refractivity (Wildman–Crippen MR) is 109 cm³/mol. The van der Waals surface area contributed by atoms with Crippen LogP contribution in [-0.4, -0.2) is 30.6 Å². The van der Waals surface area contributed by atoms with Gasteiger partial charge < -0.3 is 10.1 Å². The van der Waals surface area contributed by atoms with Gasteiger partial charge in [-0.25, -0.2) is 0 Å². The molecule has 0 spiro atoms. The SMILES string of the molecule is COc1ccc(SC(C)C(=O)NCCSCc2cccc(Cl)c2)cc1.